The summed E-state index contributed by atoms with van der Waals surface area (Å²) in [6, 6.07) is 5.83. The minimum Gasteiger partial charge on any atom is -0.494 e. The minimum absolute atomic E-state index is 0.287. The van der Waals surface area contributed by atoms with Crippen molar-refractivity contribution in [3.63, 3.8) is 0 Å². The number of nitrogens with zero attached hydrogens (tertiary/aromatic N) is 2. The Morgan fingerprint density at radius 2 is 2.00 bits per heavy atom. The largest absolute Gasteiger partial charge is 0.494 e. The third kappa shape index (κ3) is 5.44. The molecule has 4 nitrogen and oxygen atoms in total. The van der Waals surface area contributed by atoms with Gasteiger partial charge in [-0.1, -0.05) is 6.07 Å². The predicted octanol–water partition coefficient (Wildman–Crippen LogP) is 2.77. The number of benzene rings is 1. The molecule has 1 aromatic carbocycles. The zero-order valence-electron chi connectivity index (χ0n) is 14.6. The van der Waals surface area contributed by atoms with Gasteiger partial charge in [0.2, 0.25) is 0 Å². The van der Waals surface area contributed by atoms with Gasteiger partial charge in [0.1, 0.15) is 0 Å². The second-order valence-corrected chi connectivity index (χ2v) is 6.32. The molecule has 0 N–H and O–H groups in total. The normalized spacial score (nSPS) is 16.9. The smallest absolute Gasteiger partial charge is 0.165 e. The summed E-state index contributed by atoms with van der Waals surface area (Å²) in [5.74, 6) is 0.0178. The van der Waals surface area contributed by atoms with Crippen LogP contribution in [-0.4, -0.2) is 63.4 Å². The van der Waals surface area contributed by atoms with Crippen molar-refractivity contribution in [1.82, 2.24) is 9.80 Å². The summed E-state index contributed by atoms with van der Waals surface area (Å²) < 4.78 is 24.1. The molecule has 0 radical (unpaired) electrons. The van der Waals surface area contributed by atoms with Crippen molar-refractivity contribution in [2.45, 2.75) is 31.8 Å². The number of hydrogen-bond acceptors (Lipinski definition) is 4. The van der Waals surface area contributed by atoms with E-state index in [0.29, 0.717) is 11.8 Å². The van der Waals surface area contributed by atoms with Crippen LogP contribution in [0.1, 0.15) is 24.8 Å². The Hall–Kier alpha value is -1.17. The fourth-order valence-electron chi connectivity index (χ4n) is 3.21. The molecular weight excluding hydrogens is 295 g/mol. The summed E-state index contributed by atoms with van der Waals surface area (Å²) in [4.78, 5) is 4.85. The van der Waals surface area contributed by atoms with Crippen LogP contribution in [0.15, 0.2) is 18.2 Å². The Labute approximate surface area is 139 Å². The van der Waals surface area contributed by atoms with Gasteiger partial charge in [-0.25, -0.2) is 4.39 Å². The van der Waals surface area contributed by atoms with Crippen LogP contribution in [0.5, 0.6) is 5.75 Å². The highest BCUT2D eigenvalue weighted by Gasteiger charge is 2.23. The van der Waals surface area contributed by atoms with Crippen molar-refractivity contribution in [2.24, 2.45) is 0 Å². The van der Waals surface area contributed by atoms with Crippen LogP contribution in [0, 0.1) is 5.82 Å². The van der Waals surface area contributed by atoms with Crippen LogP contribution >= 0.6 is 0 Å². The van der Waals surface area contributed by atoms with Gasteiger partial charge >= 0.3 is 0 Å². The number of likely N-dealkylation sites (tertiary alicyclic amines) is 1. The first kappa shape index (κ1) is 18.2. The maximum absolute atomic E-state index is 13.9. The molecule has 0 aromatic heterocycles. The Bertz CT molecular complexity index is 476. The summed E-state index contributed by atoms with van der Waals surface area (Å²) in [6.07, 6.45) is 3.34. The van der Waals surface area contributed by atoms with E-state index in [-0.39, 0.29) is 5.82 Å². The lowest BCUT2D eigenvalue weighted by Crippen LogP contribution is -2.44. The quantitative estimate of drug-likeness (QED) is 0.687. The predicted molar refractivity (Wildman–Crippen MR) is 90.4 cm³/mol. The van der Waals surface area contributed by atoms with E-state index >= 15 is 0 Å². The maximum atomic E-state index is 13.9. The monoisotopic (exact) mass is 324 g/mol. The Balaban J connectivity index is 2.02. The zero-order chi connectivity index (χ0) is 16.7. The van der Waals surface area contributed by atoms with E-state index < -0.39 is 0 Å². The van der Waals surface area contributed by atoms with Gasteiger partial charge in [-0.3, -0.25) is 4.90 Å². The van der Waals surface area contributed by atoms with Crippen molar-refractivity contribution in [3.8, 4) is 5.75 Å². The van der Waals surface area contributed by atoms with Crippen LogP contribution in [0.3, 0.4) is 0 Å². The van der Waals surface area contributed by atoms with E-state index in [9.17, 15) is 4.39 Å². The maximum Gasteiger partial charge on any atom is 0.165 e. The summed E-state index contributed by atoms with van der Waals surface area (Å²) >= 11 is 0. The molecule has 0 bridgehead atoms. The molecule has 1 heterocycles. The summed E-state index contributed by atoms with van der Waals surface area (Å²) in [6.45, 7) is 4.78. The van der Waals surface area contributed by atoms with Crippen LogP contribution in [0.25, 0.3) is 0 Å². The molecule has 2 rings (SSSR count). The fourth-order valence-corrected chi connectivity index (χ4v) is 3.21. The number of rotatable bonds is 8. The second-order valence-electron chi connectivity index (χ2n) is 6.32. The van der Waals surface area contributed by atoms with Gasteiger partial charge in [0.25, 0.3) is 0 Å². The Morgan fingerprint density at radius 3 is 2.61 bits per heavy atom. The van der Waals surface area contributed by atoms with Crippen LogP contribution < -0.4 is 4.74 Å². The lowest BCUT2D eigenvalue weighted by atomic mass is 10.0. The van der Waals surface area contributed by atoms with Crippen molar-refractivity contribution in [1.29, 1.82) is 0 Å². The van der Waals surface area contributed by atoms with Gasteiger partial charge in [0.15, 0.2) is 11.6 Å². The van der Waals surface area contributed by atoms with E-state index in [1.807, 2.05) is 6.07 Å². The molecule has 0 unspecified atom stereocenters. The topological polar surface area (TPSA) is 24.9 Å². The molecule has 0 spiro atoms. The third-order valence-corrected chi connectivity index (χ3v) is 4.60. The van der Waals surface area contributed by atoms with Gasteiger partial charge in [-0.15, -0.1) is 0 Å². The van der Waals surface area contributed by atoms with Crippen molar-refractivity contribution in [2.75, 3.05) is 47.5 Å². The molecule has 1 aliphatic rings. The lowest BCUT2D eigenvalue weighted by molar-refractivity contribution is 0.0999. The van der Waals surface area contributed by atoms with Crippen LogP contribution in [-0.2, 0) is 11.3 Å². The molecule has 1 saturated heterocycles. The molecule has 130 valence electrons. The molecule has 23 heavy (non-hydrogen) atoms. The van der Waals surface area contributed by atoms with Crippen molar-refractivity contribution < 1.29 is 13.9 Å². The summed E-state index contributed by atoms with van der Waals surface area (Å²) in [5, 5.41) is 0. The van der Waals surface area contributed by atoms with E-state index in [4.69, 9.17) is 9.47 Å². The van der Waals surface area contributed by atoms with Gasteiger partial charge in [0, 0.05) is 32.8 Å². The van der Waals surface area contributed by atoms with Crippen molar-refractivity contribution >= 4 is 0 Å². The van der Waals surface area contributed by atoms with Crippen LogP contribution in [0.4, 0.5) is 4.39 Å². The highest BCUT2D eigenvalue weighted by atomic mass is 19.1. The van der Waals surface area contributed by atoms with Crippen LogP contribution in [0.2, 0.25) is 0 Å². The van der Waals surface area contributed by atoms with Gasteiger partial charge in [-0.2, -0.15) is 0 Å². The summed E-state index contributed by atoms with van der Waals surface area (Å²) in [7, 11) is 5.40. The number of halogens is 1. The first-order chi connectivity index (χ1) is 11.1. The van der Waals surface area contributed by atoms with Gasteiger partial charge in [0.05, 0.1) is 7.11 Å². The first-order valence-electron chi connectivity index (χ1n) is 8.38. The Kier molecular flexibility index (Phi) is 7.27. The number of piperidine rings is 1. The van der Waals surface area contributed by atoms with E-state index in [0.717, 1.165) is 44.8 Å². The van der Waals surface area contributed by atoms with E-state index in [1.165, 1.54) is 20.0 Å². The van der Waals surface area contributed by atoms with E-state index in [2.05, 4.69) is 16.8 Å². The molecule has 1 aliphatic heterocycles. The zero-order valence-corrected chi connectivity index (χ0v) is 14.6. The summed E-state index contributed by atoms with van der Waals surface area (Å²) in [5.41, 5.74) is 1.000. The molecule has 0 saturated carbocycles. The van der Waals surface area contributed by atoms with Crippen molar-refractivity contribution in [3.05, 3.63) is 29.6 Å². The molecular formula is C18H29FN2O2. The first-order valence-corrected chi connectivity index (χ1v) is 8.38. The van der Waals surface area contributed by atoms with E-state index in [1.54, 1.807) is 19.2 Å². The molecule has 1 aromatic rings. The number of methoxy groups -OCH3 is 2. The molecule has 0 atom stereocenters. The molecule has 0 aliphatic carbocycles. The molecule has 1 fully saturated rings. The average Bonchev–Trinajstić information content (AvgIpc) is 2.55. The molecule has 0 amide bonds. The fraction of sp³-hybridized carbons (Fsp3) is 0.667. The molecule has 5 heteroatoms. The van der Waals surface area contributed by atoms with Gasteiger partial charge < -0.3 is 14.4 Å². The lowest BCUT2D eigenvalue weighted by Gasteiger charge is -2.37. The number of hydrogen-bond donors (Lipinski definition) is 0. The third-order valence-electron chi connectivity index (χ3n) is 4.60. The highest BCUT2D eigenvalue weighted by Crippen LogP contribution is 2.22. The number of ether oxygens (including phenoxy) is 2. The Morgan fingerprint density at radius 1 is 1.26 bits per heavy atom. The second kappa shape index (κ2) is 9.21. The highest BCUT2D eigenvalue weighted by molar-refractivity contribution is 5.29. The average molecular weight is 324 g/mol. The SMILES string of the molecule is COCCCN(Cc1ccc(OC)c(F)c1)C1CCN(C)CC1. The standard InChI is InChI=1S/C18H29FN2O2/c1-20-10-7-16(8-11-20)21(9-4-12-22-2)14-15-5-6-18(23-3)17(19)13-15/h5-6,13,16H,4,7-12,14H2,1-3H3. The minimum atomic E-state index is -0.287. The van der Waals surface area contributed by atoms with Gasteiger partial charge in [-0.05, 0) is 57.1 Å².